The van der Waals surface area contributed by atoms with E-state index in [1.807, 2.05) is 42.8 Å². The van der Waals surface area contributed by atoms with Gasteiger partial charge in [-0.15, -0.1) is 11.3 Å². The third-order valence-corrected chi connectivity index (χ3v) is 9.08. The van der Waals surface area contributed by atoms with E-state index in [9.17, 15) is 13.5 Å². The minimum Gasteiger partial charge on any atom is -0.377 e. The molecule has 0 aliphatic rings. The molecule has 4 heterocycles. The van der Waals surface area contributed by atoms with Crippen LogP contribution in [-0.2, 0) is 22.7 Å². The summed E-state index contributed by atoms with van der Waals surface area (Å²) < 4.78 is 29.9. The van der Waals surface area contributed by atoms with Crippen molar-refractivity contribution in [3.63, 3.8) is 0 Å². The number of aryl methyl sites for hydroxylation is 1. The lowest BCUT2D eigenvalue weighted by molar-refractivity contribution is 0.0892. The predicted molar refractivity (Wildman–Crippen MR) is 147 cm³/mol. The van der Waals surface area contributed by atoms with Crippen LogP contribution < -0.4 is 0 Å². The summed E-state index contributed by atoms with van der Waals surface area (Å²) in [6, 6.07) is 19.5. The van der Waals surface area contributed by atoms with Crippen LogP contribution >= 0.6 is 11.3 Å². The van der Waals surface area contributed by atoms with Crippen molar-refractivity contribution < 1.29 is 13.5 Å². The van der Waals surface area contributed by atoms with Crippen molar-refractivity contribution in [2.75, 3.05) is 0 Å². The Labute approximate surface area is 223 Å². The van der Waals surface area contributed by atoms with Gasteiger partial charge in [0.15, 0.2) is 5.65 Å². The Hall–Kier alpha value is -4.12. The Kier molecular flexibility index (Phi) is 5.75. The molecular formula is C28H23N5O3S2. The maximum Gasteiger partial charge on any atom is 0.269 e. The van der Waals surface area contributed by atoms with E-state index in [-0.39, 0.29) is 4.90 Å². The number of imidazole rings is 1. The Morgan fingerprint density at radius 3 is 2.55 bits per heavy atom. The van der Waals surface area contributed by atoms with Gasteiger partial charge in [-0.05, 0) is 42.8 Å². The van der Waals surface area contributed by atoms with Gasteiger partial charge in [-0.2, -0.15) is 0 Å². The van der Waals surface area contributed by atoms with E-state index in [0.717, 1.165) is 11.3 Å². The first kappa shape index (κ1) is 24.2. The van der Waals surface area contributed by atoms with Crippen molar-refractivity contribution in [2.45, 2.75) is 17.4 Å². The minimum absolute atomic E-state index is 0.186. The zero-order valence-electron chi connectivity index (χ0n) is 20.6. The van der Waals surface area contributed by atoms with Gasteiger partial charge in [0.1, 0.15) is 16.4 Å². The Morgan fingerprint density at radius 2 is 1.79 bits per heavy atom. The number of aromatic nitrogens is 5. The molecule has 0 spiro atoms. The third-order valence-electron chi connectivity index (χ3n) is 6.54. The molecule has 1 atom stereocenters. The SMILES string of the molecule is Cn1ccnc1C(C)(O)c1cccc(-c2csc(-c3cn(S(=O)(=O)c4ccccc4)c4ncccc34)n2)c1. The summed E-state index contributed by atoms with van der Waals surface area (Å²) in [6.07, 6.45) is 6.62. The molecule has 1 N–H and O–H groups in total. The van der Waals surface area contributed by atoms with Gasteiger partial charge in [0.2, 0.25) is 0 Å². The van der Waals surface area contributed by atoms with Gasteiger partial charge in [-0.1, -0.05) is 36.4 Å². The van der Waals surface area contributed by atoms with Gasteiger partial charge < -0.3 is 9.67 Å². The zero-order chi connectivity index (χ0) is 26.5. The van der Waals surface area contributed by atoms with Crippen molar-refractivity contribution >= 4 is 32.4 Å². The maximum absolute atomic E-state index is 13.4. The van der Waals surface area contributed by atoms with Crippen LogP contribution in [-0.4, -0.2) is 37.0 Å². The summed E-state index contributed by atoms with van der Waals surface area (Å²) in [4.78, 5) is 13.7. The van der Waals surface area contributed by atoms with Crippen molar-refractivity contribution in [3.8, 4) is 21.8 Å². The molecule has 0 bridgehead atoms. The molecule has 6 rings (SSSR count). The molecule has 0 aliphatic heterocycles. The second-order valence-electron chi connectivity index (χ2n) is 9.08. The molecule has 38 heavy (non-hydrogen) atoms. The highest BCUT2D eigenvalue weighted by molar-refractivity contribution is 7.90. The number of rotatable bonds is 6. The summed E-state index contributed by atoms with van der Waals surface area (Å²) in [5, 5.41) is 14.6. The number of hydrogen-bond acceptors (Lipinski definition) is 7. The highest BCUT2D eigenvalue weighted by atomic mass is 32.2. The van der Waals surface area contributed by atoms with Gasteiger partial charge in [0, 0.05) is 53.7 Å². The highest BCUT2D eigenvalue weighted by Crippen LogP contribution is 2.37. The molecule has 0 saturated heterocycles. The van der Waals surface area contributed by atoms with Gasteiger partial charge in [-0.3, -0.25) is 0 Å². The standard InChI is InChI=1S/C28H23N5O3S2/c1-28(34,27-30-14-15-32(27)2)20-9-6-8-19(16-20)24-18-37-26(31-24)23-17-33(25-22(23)12-7-13-29-25)38(35,36)21-10-4-3-5-11-21/h3-18,34H,1-2H3. The lowest BCUT2D eigenvalue weighted by atomic mass is 9.93. The van der Waals surface area contributed by atoms with Crippen LogP contribution in [0.1, 0.15) is 18.3 Å². The van der Waals surface area contributed by atoms with E-state index in [1.54, 1.807) is 72.7 Å². The molecule has 0 amide bonds. The molecule has 10 heteroatoms. The Balaban J connectivity index is 1.42. The highest BCUT2D eigenvalue weighted by Gasteiger charge is 2.30. The van der Waals surface area contributed by atoms with Gasteiger partial charge >= 0.3 is 0 Å². The van der Waals surface area contributed by atoms with E-state index >= 15 is 0 Å². The average Bonchev–Trinajstić information content (AvgIpc) is 3.68. The molecule has 0 fully saturated rings. The van der Waals surface area contributed by atoms with Gasteiger partial charge in [-0.25, -0.2) is 27.3 Å². The van der Waals surface area contributed by atoms with Crippen LogP contribution in [0.3, 0.4) is 0 Å². The number of benzene rings is 2. The number of pyridine rings is 1. The summed E-state index contributed by atoms with van der Waals surface area (Å²) in [7, 11) is -2.01. The van der Waals surface area contributed by atoms with E-state index in [4.69, 9.17) is 4.98 Å². The number of nitrogens with zero attached hydrogens (tertiary/aromatic N) is 5. The van der Waals surface area contributed by atoms with Crippen LogP contribution in [0.15, 0.2) is 102 Å². The van der Waals surface area contributed by atoms with Crippen LogP contribution in [0.2, 0.25) is 0 Å². The number of aliphatic hydroxyl groups is 1. The van der Waals surface area contributed by atoms with Crippen LogP contribution in [0.25, 0.3) is 32.9 Å². The van der Waals surface area contributed by atoms with E-state index < -0.39 is 15.6 Å². The van der Waals surface area contributed by atoms with Crippen LogP contribution in [0, 0.1) is 0 Å². The molecule has 1 unspecified atom stereocenters. The van der Waals surface area contributed by atoms with Crippen molar-refractivity contribution in [1.29, 1.82) is 0 Å². The summed E-state index contributed by atoms with van der Waals surface area (Å²) in [5.74, 6) is 0.536. The van der Waals surface area contributed by atoms with Gasteiger partial charge in [0.05, 0.1) is 10.6 Å². The quantitative estimate of drug-likeness (QED) is 0.316. The second-order valence-corrected chi connectivity index (χ2v) is 11.8. The summed E-state index contributed by atoms with van der Waals surface area (Å²) in [5.41, 5.74) is 1.97. The third kappa shape index (κ3) is 3.94. The van der Waals surface area contributed by atoms with E-state index in [0.29, 0.717) is 33.0 Å². The van der Waals surface area contributed by atoms with Crippen molar-refractivity contribution in [1.82, 2.24) is 23.5 Å². The number of hydrogen-bond donors (Lipinski definition) is 1. The van der Waals surface area contributed by atoms with Crippen LogP contribution in [0.5, 0.6) is 0 Å². The van der Waals surface area contributed by atoms with Crippen molar-refractivity contribution in [2.24, 2.45) is 7.05 Å². The van der Waals surface area contributed by atoms with Gasteiger partial charge in [0.25, 0.3) is 10.0 Å². The minimum atomic E-state index is -3.85. The van der Waals surface area contributed by atoms with E-state index in [1.165, 1.54) is 15.3 Å². The monoisotopic (exact) mass is 541 g/mol. The number of fused-ring (bicyclic) bond motifs is 1. The predicted octanol–water partition coefficient (Wildman–Crippen LogP) is 5.05. The fraction of sp³-hybridized carbons (Fsp3) is 0.107. The second kappa shape index (κ2) is 9.02. The normalized spacial score (nSPS) is 13.6. The fourth-order valence-electron chi connectivity index (χ4n) is 4.57. The molecule has 6 aromatic rings. The fourth-order valence-corrected chi connectivity index (χ4v) is 6.76. The topological polar surface area (TPSA) is 103 Å². The largest absolute Gasteiger partial charge is 0.377 e. The maximum atomic E-state index is 13.4. The lowest BCUT2D eigenvalue weighted by Gasteiger charge is -2.23. The summed E-state index contributed by atoms with van der Waals surface area (Å²) >= 11 is 1.42. The molecule has 190 valence electrons. The molecule has 8 nitrogen and oxygen atoms in total. The van der Waals surface area contributed by atoms with Crippen LogP contribution in [0.4, 0.5) is 0 Å². The average molecular weight is 542 g/mol. The Bertz CT molecular complexity index is 1890. The number of thiazole rings is 1. The molecule has 0 saturated carbocycles. The smallest absolute Gasteiger partial charge is 0.269 e. The first-order chi connectivity index (χ1) is 18.3. The zero-order valence-corrected chi connectivity index (χ0v) is 22.2. The molecule has 0 radical (unpaired) electrons. The Morgan fingerprint density at radius 1 is 0.974 bits per heavy atom. The molecule has 2 aromatic carbocycles. The lowest BCUT2D eigenvalue weighted by Crippen LogP contribution is -2.26. The summed E-state index contributed by atoms with van der Waals surface area (Å²) in [6.45, 7) is 1.72. The first-order valence-corrected chi connectivity index (χ1v) is 14.1. The van der Waals surface area contributed by atoms with E-state index in [2.05, 4.69) is 9.97 Å². The molecular weight excluding hydrogens is 518 g/mol. The molecule has 4 aromatic heterocycles. The first-order valence-electron chi connectivity index (χ1n) is 11.8. The molecule has 0 aliphatic carbocycles. The van der Waals surface area contributed by atoms with Crippen molar-refractivity contribution in [3.05, 3.63) is 108 Å².